The van der Waals surface area contributed by atoms with Gasteiger partial charge in [0.1, 0.15) is 11.9 Å². The van der Waals surface area contributed by atoms with E-state index in [2.05, 4.69) is 4.98 Å². The first kappa shape index (κ1) is 14.7. The molecule has 1 aliphatic rings. The van der Waals surface area contributed by atoms with E-state index in [1.807, 2.05) is 44.4 Å². The maximum absolute atomic E-state index is 11.8. The van der Waals surface area contributed by atoms with Crippen LogP contribution in [0.3, 0.4) is 0 Å². The lowest BCUT2D eigenvalue weighted by Crippen LogP contribution is -2.26. The summed E-state index contributed by atoms with van der Waals surface area (Å²) < 4.78 is 12.6. The number of carboxylic acid groups (broad SMARTS) is 1. The van der Waals surface area contributed by atoms with E-state index in [0.29, 0.717) is 11.5 Å². The molecule has 6 heteroatoms. The molecule has 2 aromatic rings. The van der Waals surface area contributed by atoms with Gasteiger partial charge in [0.15, 0.2) is 11.5 Å². The van der Waals surface area contributed by atoms with Gasteiger partial charge in [-0.2, -0.15) is 0 Å². The second kappa shape index (κ2) is 5.19. The van der Waals surface area contributed by atoms with Gasteiger partial charge in [0.2, 0.25) is 6.79 Å². The van der Waals surface area contributed by atoms with E-state index in [-0.39, 0.29) is 18.6 Å². The average molecular weight is 304 g/mol. The minimum Gasteiger partial charge on any atom is -0.480 e. The van der Waals surface area contributed by atoms with Crippen molar-refractivity contribution in [3.05, 3.63) is 18.0 Å². The molecule has 0 bridgehead atoms. The van der Waals surface area contributed by atoms with Crippen molar-refractivity contribution in [2.45, 2.75) is 39.7 Å². The van der Waals surface area contributed by atoms with Crippen LogP contribution in [0.2, 0.25) is 0 Å². The van der Waals surface area contributed by atoms with Crippen LogP contribution in [0.25, 0.3) is 11.0 Å². The first-order chi connectivity index (χ1) is 10.4. The highest BCUT2D eigenvalue weighted by molar-refractivity contribution is 5.84. The highest BCUT2D eigenvalue weighted by Crippen LogP contribution is 2.39. The van der Waals surface area contributed by atoms with Crippen molar-refractivity contribution in [1.82, 2.24) is 9.55 Å². The largest absolute Gasteiger partial charge is 0.480 e. The number of ether oxygens (including phenoxy) is 2. The zero-order valence-electron chi connectivity index (χ0n) is 13.2. The summed E-state index contributed by atoms with van der Waals surface area (Å²) in [5, 5.41) is 9.67. The Morgan fingerprint density at radius 3 is 2.41 bits per heavy atom. The van der Waals surface area contributed by atoms with Gasteiger partial charge in [-0.05, 0) is 5.92 Å². The van der Waals surface area contributed by atoms with Crippen molar-refractivity contribution in [2.75, 3.05) is 6.79 Å². The van der Waals surface area contributed by atoms with Gasteiger partial charge < -0.3 is 19.1 Å². The normalized spacial score (nSPS) is 15.0. The highest BCUT2D eigenvalue weighted by atomic mass is 16.7. The van der Waals surface area contributed by atoms with Crippen LogP contribution in [0, 0.1) is 5.92 Å². The zero-order valence-corrected chi connectivity index (χ0v) is 13.2. The lowest BCUT2D eigenvalue weighted by Gasteiger charge is -2.22. The van der Waals surface area contributed by atoms with Gasteiger partial charge >= 0.3 is 5.97 Å². The quantitative estimate of drug-likeness (QED) is 0.939. The second-order valence-corrected chi connectivity index (χ2v) is 6.22. The topological polar surface area (TPSA) is 73.6 Å². The monoisotopic (exact) mass is 304 g/mol. The fraction of sp³-hybridized carbons (Fsp3) is 0.500. The summed E-state index contributed by atoms with van der Waals surface area (Å²) in [6, 6.07) is 2.98. The van der Waals surface area contributed by atoms with Gasteiger partial charge in [0, 0.05) is 18.1 Å². The van der Waals surface area contributed by atoms with Gasteiger partial charge in [0.25, 0.3) is 0 Å². The van der Waals surface area contributed by atoms with Gasteiger partial charge in [-0.25, -0.2) is 9.78 Å². The fourth-order valence-corrected chi connectivity index (χ4v) is 2.90. The molecule has 22 heavy (non-hydrogen) atoms. The van der Waals surface area contributed by atoms with Crippen molar-refractivity contribution in [1.29, 1.82) is 0 Å². The number of hydrogen-bond donors (Lipinski definition) is 1. The van der Waals surface area contributed by atoms with E-state index in [4.69, 9.17) is 9.47 Å². The number of hydrogen-bond acceptors (Lipinski definition) is 4. The highest BCUT2D eigenvalue weighted by Gasteiger charge is 2.30. The predicted molar refractivity (Wildman–Crippen MR) is 81.5 cm³/mol. The van der Waals surface area contributed by atoms with E-state index in [9.17, 15) is 9.90 Å². The third kappa shape index (κ3) is 2.19. The molecule has 3 rings (SSSR count). The van der Waals surface area contributed by atoms with Crippen LogP contribution in [0.1, 0.15) is 45.5 Å². The van der Waals surface area contributed by atoms with E-state index < -0.39 is 12.0 Å². The number of fused-ring (bicyclic) bond motifs is 2. The number of nitrogens with zero attached hydrogens (tertiary/aromatic N) is 2. The van der Waals surface area contributed by atoms with Crippen molar-refractivity contribution in [3.63, 3.8) is 0 Å². The SMILES string of the molecule is CC(C)c1nc2cc3c(cc2n1C(C(=O)O)C(C)C)OCO3. The second-order valence-electron chi connectivity index (χ2n) is 6.22. The van der Waals surface area contributed by atoms with Crippen LogP contribution >= 0.6 is 0 Å². The smallest absolute Gasteiger partial charge is 0.327 e. The summed E-state index contributed by atoms with van der Waals surface area (Å²) in [4.78, 5) is 16.4. The summed E-state index contributed by atoms with van der Waals surface area (Å²) in [5.41, 5.74) is 1.51. The predicted octanol–water partition coefficient (Wildman–Crippen LogP) is 3.17. The Hall–Kier alpha value is -2.24. The molecule has 0 aliphatic carbocycles. The summed E-state index contributed by atoms with van der Waals surface area (Å²) in [5.74, 6) is 1.26. The molecule has 0 saturated carbocycles. The number of benzene rings is 1. The third-order valence-corrected chi connectivity index (χ3v) is 3.89. The van der Waals surface area contributed by atoms with Crippen molar-refractivity contribution in [2.24, 2.45) is 5.92 Å². The molecule has 118 valence electrons. The molecule has 1 aromatic carbocycles. The molecular formula is C16H20N2O4. The Balaban J connectivity index is 2.29. The number of imidazole rings is 1. The lowest BCUT2D eigenvalue weighted by atomic mass is 10.0. The first-order valence-electron chi connectivity index (χ1n) is 7.44. The maximum Gasteiger partial charge on any atom is 0.327 e. The summed E-state index contributed by atoms with van der Waals surface area (Å²) in [6.45, 7) is 8.02. The van der Waals surface area contributed by atoms with E-state index in [1.54, 1.807) is 0 Å². The molecule has 0 saturated heterocycles. The van der Waals surface area contributed by atoms with E-state index in [0.717, 1.165) is 16.9 Å². The van der Waals surface area contributed by atoms with Crippen LogP contribution in [0.5, 0.6) is 11.5 Å². The van der Waals surface area contributed by atoms with Crippen LogP contribution in [0.15, 0.2) is 12.1 Å². The standard InChI is InChI=1S/C16H20N2O4/c1-8(2)14(16(19)20)18-11-6-13-12(21-7-22-13)5-10(11)17-15(18)9(3)4/h5-6,8-9,14H,7H2,1-4H3,(H,19,20). The Labute approximate surface area is 128 Å². The summed E-state index contributed by atoms with van der Waals surface area (Å²) in [7, 11) is 0. The summed E-state index contributed by atoms with van der Waals surface area (Å²) >= 11 is 0. The number of carbonyl (C=O) groups is 1. The molecule has 0 amide bonds. The minimum atomic E-state index is -0.853. The Kier molecular flexibility index (Phi) is 3.47. The van der Waals surface area contributed by atoms with Gasteiger partial charge in [0.05, 0.1) is 11.0 Å². The fourth-order valence-electron chi connectivity index (χ4n) is 2.90. The van der Waals surface area contributed by atoms with Crippen LogP contribution in [0.4, 0.5) is 0 Å². The molecular weight excluding hydrogens is 284 g/mol. The Morgan fingerprint density at radius 2 is 1.86 bits per heavy atom. The molecule has 6 nitrogen and oxygen atoms in total. The molecule has 1 aromatic heterocycles. The van der Waals surface area contributed by atoms with Crippen molar-refractivity contribution >= 4 is 17.0 Å². The van der Waals surface area contributed by atoms with Crippen LogP contribution < -0.4 is 9.47 Å². The molecule has 1 aliphatic heterocycles. The lowest BCUT2D eigenvalue weighted by molar-refractivity contribution is -0.142. The van der Waals surface area contributed by atoms with Gasteiger partial charge in [-0.1, -0.05) is 27.7 Å². The maximum atomic E-state index is 11.8. The van der Waals surface area contributed by atoms with Crippen molar-refractivity contribution < 1.29 is 19.4 Å². The molecule has 0 fully saturated rings. The van der Waals surface area contributed by atoms with Crippen molar-refractivity contribution in [3.8, 4) is 11.5 Å². The van der Waals surface area contributed by atoms with Gasteiger partial charge in [-0.3, -0.25) is 0 Å². The van der Waals surface area contributed by atoms with Crippen LogP contribution in [-0.4, -0.2) is 27.4 Å². The molecule has 1 N–H and O–H groups in total. The molecule has 0 spiro atoms. The average Bonchev–Trinajstić information content (AvgIpc) is 3.00. The zero-order chi connectivity index (χ0) is 16.0. The minimum absolute atomic E-state index is 0.0576. The Bertz CT molecular complexity index is 733. The molecule has 0 radical (unpaired) electrons. The number of aromatic nitrogens is 2. The summed E-state index contributed by atoms with van der Waals surface area (Å²) in [6.07, 6.45) is 0. The first-order valence-corrected chi connectivity index (χ1v) is 7.44. The molecule has 1 atom stereocenters. The number of aliphatic carboxylic acids is 1. The molecule has 2 heterocycles. The Morgan fingerprint density at radius 1 is 1.23 bits per heavy atom. The van der Waals surface area contributed by atoms with E-state index >= 15 is 0 Å². The van der Waals surface area contributed by atoms with E-state index in [1.165, 1.54) is 0 Å². The molecule has 1 unspecified atom stereocenters. The number of carboxylic acids is 1. The third-order valence-electron chi connectivity index (χ3n) is 3.89. The number of rotatable bonds is 4. The van der Waals surface area contributed by atoms with Crippen LogP contribution in [-0.2, 0) is 4.79 Å². The van der Waals surface area contributed by atoms with Gasteiger partial charge in [-0.15, -0.1) is 0 Å².